The van der Waals surface area contributed by atoms with E-state index in [4.69, 9.17) is 9.84 Å². The van der Waals surface area contributed by atoms with E-state index in [0.717, 1.165) is 0 Å². The van der Waals surface area contributed by atoms with Gasteiger partial charge in [0.05, 0.1) is 6.61 Å². The molecule has 1 spiro atoms. The Morgan fingerprint density at radius 1 is 1.33 bits per heavy atom. The molecular weight excluding hydrogens is 248 g/mol. The first-order chi connectivity index (χ1) is 8.35. The largest absolute Gasteiger partial charge is 0.394 e. The Morgan fingerprint density at radius 3 is 2.39 bits per heavy atom. The van der Waals surface area contributed by atoms with E-state index in [1.807, 2.05) is 0 Å². The van der Waals surface area contributed by atoms with Crippen molar-refractivity contribution in [1.29, 1.82) is 0 Å². The van der Waals surface area contributed by atoms with E-state index in [1.165, 1.54) is 7.05 Å². The number of nitrogens with zero attached hydrogens (tertiary/aromatic N) is 1. The molecule has 0 saturated carbocycles. The van der Waals surface area contributed by atoms with Crippen LogP contribution < -0.4 is 5.32 Å². The Morgan fingerprint density at radius 2 is 1.94 bits per heavy atom. The second-order valence-electron chi connectivity index (χ2n) is 4.29. The van der Waals surface area contributed by atoms with E-state index in [0.29, 0.717) is 4.90 Å². The average molecular weight is 262 g/mol. The molecule has 18 heavy (non-hydrogen) atoms. The fourth-order valence-corrected chi connectivity index (χ4v) is 2.09. The monoisotopic (exact) mass is 262 g/mol. The van der Waals surface area contributed by atoms with E-state index >= 15 is 0 Å². The summed E-state index contributed by atoms with van der Waals surface area (Å²) in [5, 5.41) is 40.2. The molecule has 0 aromatic rings. The number of rotatable bonds is 1. The molecule has 9 nitrogen and oxygen atoms in total. The molecule has 0 aromatic heterocycles. The summed E-state index contributed by atoms with van der Waals surface area (Å²) in [4.78, 5) is 24.0. The standard InChI is InChI=1S/C9H14N2O7/c1-11-7(16)9(10-8(11)17)6(15)5(14)4(13)3(2-12)18-9/h3-6,12-15H,2H2,1H3,(H,10,17)/t3-,4+,5+,6-,9+/m1/s1. The minimum absolute atomic E-state index is 0.681. The second kappa shape index (κ2) is 4.14. The summed E-state index contributed by atoms with van der Waals surface area (Å²) in [7, 11) is 1.17. The van der Waals surface area contributed by atoms with Gasteiger partial charge in [0, 0.05) is 7.05 Å². The van der Waals surface area contributed by atoms with Crippen LogP contribution in [0.3, 0.4) is 0 Å². The molecule has 0 aromatic carbocycles. The van der Waals surface area contributed by atoms with Crippen LogP contribution in [-0.2, 0) is 9.53 Å². The summed E-state index contributed by atoms with van der Waals surface area (Å²) in [5.74, 6) is -0.899. The van der Waals surface area contributed by atoms with Crippen molar-refractivity contribution < 1.29 is 34.8 Å². The molecule has 0 unspecified atom stereocenters. The SMILES string of the molecule is CN1C(=O)N[C@@]2(O[C@H](CO)[C@H](O)[C@H](O)[C@H]2O)C1=O. The van der Waals surface area contributed by atoms with Crippen LogP contribution in [0.5, 0.6) is 0 Å². The van der Waals surface area contributed by atoms with Gasteiger partial charge in [-0.15, -0.1) is 0 Å². The Kier molecular flexibility index (Phi) is 3.03. The van der Waals surface area contributed by atoms with E-state index in [-0.39, 0.29) is 0 Å². The van der Waals surface area contributed by atoms with Crippen molar-refractivity contribution in [2.45, 2.75) is 30.1 Å². The third-order valence-electron chi connectivity index (χ3n) is 3.21. The Labute approximate surface area is 102 Å². The lowest BCUT2D eigenvalue weighted by Crippen LogP contribution is -2.71. The molecule has 0 bridgehead atoms. The predicted molar refractivity (Wildman–Crippen MR) is 54.0 cm³/mol. The maximum Gasteiger partial charge on any atom is 0.326 e. The summed E-state index contributed by atoms with van der Waals surface area (Å²) < 4.78 is 5.10. The zero-order valence-corrected chi connectivity index (χ0v) is 9.48. The number of hydrogen-bond donors (Lipinski definition) is 5. The number of carbonyl (C=O) groups excluding carboxylic acids is 2. The van der Waals surface area contributed by atoms with Crippen molar-refractivity contribution in [3.05, 3.63) is 0 Å². The van der Waals surface area contributed by atoms with Gasteiger partial charge in [-0.05, 0) is 0 Å². The highest BCUT2D eigenvalue weighted by atomic mass is 16.6. The maximum atomic E-state index is 11.9. The van der Waals surface area contributed by atoms with Crippen LogP contribution in [0.2, 0.25) is 0 Å². The Balaban J connectivity index is 2.38. The van der Waals surface area contributed by atoms with Gasteiger partial charge in [-0.3, -0.25) is 15.0 Å². The fraction of sp³-hybridized carbons (Fsp3) is 0.778. The van der Waals surface area contributed by atoms with E-state index in [1.54, 1.807) is 0 Å². The fourth-order valence-electron chi connectivity index (χ4n) is 2.09. The number of nitrogens with one attached hydrogen (secondary N) is 1. The Hall–Kier alpha value is -1.26. The number of carbonyl (C=O) groups is 2. The molecule has 2 rings (SSSR count). The highest BCUT2D eigenvalue weighted by Crippen LogP contribution is 2.32. The van der Waals surface area contributed by atoms with Crippen LogP contribution in [0.4, 0.5) is 4.79 Å². The van der Waals surface area contributed by atoms with Gasteiger partial charge in [0.2, 0.25) is 0 Å². The molecule has 2 aliphatic rings. The molecular formula is C9H14N2O7. The normalized spacial score (nSPS) is 44.6. The summed E-state index contributed by atoms with van der Waals surface area (Å²) in [6.45, 7) is -0.681. The first kappa shape index (κ1) is 13.2. The van der Waals surface area contributed by atoms with Crippen molar-refractivity contribution in [2.24, 2.45) is 0 Å². The number of aliphatic hydroxyl groups excluding tert-OH is 4. The summed E-state index contributed by atoms with van der Waals surface area (Å²) >= 11 is 0. The van der Waals surface area contributed by atoms with Crippen molar-refractivity contribution in [2.75, 3.05) is 13.7 Å². The molecule has 2 saturated heterocycles. The van der Waals surface area contributed by atoms with Crippen LogP contribution in [0, 0.1) is 0 Å². The number of aliphatic hydroxyl groups is 4. The minimum Gasteiger partial charge on any atom is -0.394 e. The first-order valence-electron chi connectivity index (χ1n) is 5.28. The quantitative estimate of drug-likeness (QED) is 0.307. The molecule has 0 radical (unpaired) electrons. The smallest absolute Gasteiger partial charge is 0.326 e. The number of amides is 3. The third-order valence-corrected chi connectivity index (χ3v) is 3.21. The molecule has 102 valence electrons. The number of likely N-dealkylation sites (N-methyl/N-ethyl adjacent to an activating group) is 1. The lowest BCUT2D eigenvalue weighted by Gasteiger charge is -2.44. The van der Waals surface area contributed by atoms with Gasteiger partial charge in [0.1, 0.15) is 24.4 Å². The topological polar surface area (TPSA) is 140 Å². The molecule has 2 aliphatic heterocycles. The highest BCUT2D eigenvalue weighted by Gasteiger charge is 2.63. The highest BCUT2D eigenvalue weighted by molar-refractivity contribution is 6.06. The molecule has 0 aliphatic carbocycles. The third kappa shape index (κ3) is 1.52. The van der Waals surface area contributed by atoms with Gasteiger partial charge < -0.3 is 25.2 Å². The first-order valence-corrected chi connectivity index (χ1v) is 5.28. The molecule has 5 N–H and O–H groups in total. The molecule has 2 heterocycles. The van der Waals surface area contributed by atoms with Crippen LogP contribution in [0.1, 0.15) is 0 Å². The zero-order valence-electron chi connectivity index (χ0n) is 9.48. The van der Waals surface area contributed by atoms with Crippen molar-refractivity contribution in [3.8, 4) is 0 Å². The lowest BCUT2D eigenvalue weighted by atomic mass is 9.90. The predicted octanol–water partition coefficient (Wildman–Crippen LogP) is -3.66. The number of urea groups is 1. The van der Waals surface area contributed by atoms with Crippen LogP contribution in [0.25, 0.3) is 0 Å². The Bertz CT molecular complexity index is 387. The van der Waals surface area contributed by atoms with Crippen LogP contribution in [-0.4, -0.2) is 81.1 Å². The van der Waals surface area contributed by atoms with E-state index in [2.05, 4.69) is 5.32 Å². The summed E-state index contributed by atoms with van der Waals surface area (Å²) in [6, 6.07) is -0.806. The van der Waals surface area contributed by atoms with Gasteiger partial charge in [0.15, 0.2) is 0 Å². The number of hydrogen-bond acceptors (Lipinski definition) is 7. The van der Waals surface area contributed by atoms with Gasteiger partial charge in [0.25, 0.3) is 11.6 Å². The molecule has 3 amide bonds. The van der Waals surface area contributed by atoms with Crippen molar-refractivity contribution in [1.82, 2.24) is 10.2 Å². The molecule has 5 atom stereocenters. The van der Waals surface area contributed by atoms with Crippen LogP contribution >= 0.6 is 0 Å². The van der Waals surface area contributed by atoms with E-state index in [9.17, 15) is 24.9 Å². The zero-order chi connectivity index (χ0) is 13.7. The minimum atomic E-state index is -2.17. The van der Waals surface area contributed by atoms with E-state index < -0.39 is 48.7 Å². The lowest BCUT2D eigenvalue weighted by molar-refractivity contribution is -0.268. The molecule has 2 fully saturated rings. The number of ether oxygens (including phenoxy) is 1. The molecule has 9 heteroatoms. The maximum absolute atomic E-state index is 11.9. The van der Waals surface area contributed by atoms with Gasteiger partial charge >= 0.3 is 6.03 Å². The van der Waals surface area contributed by atoms with Crippen molar-refractivity contribution >= 4 is 11.9 Å². The number of imide groups is 1. The summed E-state index contributed by atoms with van der Waals surface area (Å²) in [6.07, 6.45) is -6.42. The summed E-state index contributed by atoms with van der Waals surface area (Å²) in [5.41, 5.74) is -2.17. The van der Waals surface area contributed by atoms with Gasteiger partial charge in [-0.25, -0.2) is 4.79 Å². The second-order valence-corrected chi connectivity index (χ2v) is 4.29. The van der Waals surface area contributed by atoms with Gasteiger partial charge in [-0.1, -0.05) is 0 Å². The van der Waals surface area contributed by atoms with Gasteiger partial charge in [-0.2, -0.15) is 0 Å². The van der Waals surface area contributed by atoms with Crippen molar-refractivity contribution in [3.63, 3.8) is 0 Å². The average Bonchev–Trinajstić information content (AvgIpc) is 2.57. The van der Waals surface area contributed by atoms with Crippen LogP contribution in [0.15, 0.2) is 0 Å².